The average molecular weight is 246 g/mol. The number of para-hydroxylation sites is 1. The second-order valence-corrected chi connectivity index (χ2v) is 4.67. The number of pyridine rings is 1. The number of nitrogens with zero attached hydrogens (tertiary/aromatic N) is 1. The Morgan fingerprint density at radius 2 is 1.37 bits per heavy atom. The van der Waals surface area contributed by atoms with Gasteiger partial charge < -0.3 is 0 Å². The summed E-state index contributed by atoms with van der Waals surface area (Å²) < 4.78 is 2.15. The van der Waals surface area contributed by atoms with Gasteiger partial charge in [-0.15, -0.1) is 0 Å². The molecule has 0 spiro atoms. The van der Waals surface area contributed by atoms with Crippen LogP contribution in [0.25, 0.3) is 16.8 Å². The highest BCUT2D eigenvalue weighted by atomic mass is 14.9. The smallest absolute Gasteiger partial charge is 0.167 e. The first kappa shape index (κ1) is 11.7. The summed E-state index contributed by atoms with van der Waals surface area (Å²) in [7, 11) is 0. The molecule has 1 heteroatoms. The lowest BCUT2D eigenvalue weighted by Gasteiger charge is -2.05. The van der Waals surface area contributed by atoms with Gasteiger partial charge in [-0.1, -0.05) is 48.0 Å². The predicted molar refractivity (Wildman–Crippen MR) is 78.1 cm³/mol. The zero-order chi connectivity index (χ0) is 13.1. The van der Waals surface area contributed by atoms with Gasteiger partial charge in [0.2, 0.25) is 5.69 Å². The summed E-state index contributed by atoms with van der Waals surface area (Å²) in [6, 6.07) is 23.3. The lowest BCUT2D eigenvalue weighted by atomic mass is 10.0. The molecular weight excluding hydrogens is 230 g/mol. The highest BCUT2D eigenvalue weighted by Gasteiger charge is 2.12. The first-order valence-corrected chi connectivity index (χ1v) is 6.47. The van der Waals surface area contributed by atoms with Gasteiger partial charge in [0.25, 0.3) is 0 Å². The Bertz CT molecular complexity index is 670. The predicted octanol–water partition coefficient (Wildman–Crippen LogP) is 3.94. The van der Waals surface area contributed by atoms with Gasteiger partial charge in [-0.2, -0.15) is 4.57 Å². The minimum Gasteiger partial charge on any atom is -0.167 e. The molecule has 3 aromatic rings. The van der Waals surface area contributed by atoms with E-state index in [9.17, 15) is 0 Å². The Morgan fingerprint density at radius 3 is 2.11 bits per heavy atom. The average Bonchev–Trinajstić information content (AvgIpc) is 2.49. The molecule has 0 unspecified atom stereocenters. The van der Waals surface area contributed by atoms with E-state index in [2.05, 4.69) is 72.4 Å². The fourth-order valence-corrected chi connectivity index (χ4v) is 2.24. The lowest BCUT2D eigenvalue weighted by molar-refractivity contribution is -0.595. The van der Waals surface area contributed by atoms with E-state index in [1.807, 2.05) is 18.2 Å². The number of benzene rings is 2. The van der Waals surface area contributed by atoms with E-state index in [-0.39, 0.29) is 0 Å². The molecule has 2 aromatic carbocycles. The van der Waals surface area contributed by atoms with E-state index in [1.165, 1.54) is 22.4 Å². The number of aryl methyl sites for hydroxylation is 1. The fourth-order valence-electron chi connectivity index (χ4n) is 2.24. The van der Waals surface area contributed by atoms with E-state index < -0.39 is 0 Å². The van der Waals surface area contributed by atoms with Crippen LogP contribution >= 0.6 is 0 Å². The van der Waals surface area contributed by atoms with Gasteiger partial charge in [0.1, 0.15) is 0 Å². The number of aromatic nitrogens is 1. The summed E-state index contributed by atoms with van der Waals surface area (Å²) in [4.78, 5) is 0. The number of hydrogen-bond acceptors (Lipinski definition) is 0. The highest BCUT2D eigenvalue weighted by molar-refractivity contribution is 5.70. The fraction of sp³-hybridized carbons (Fsp3) is 0.0556. The normalized spacial score (nSPS) is 10.4. The van der Waals surface area contributed by atoms with Gasteiger partial charge in [-0.05, 0) is 18.6 Å². The maximum absolute atomic E-state index is 2.18. The Labute approximate surface area is 113 Å². The largest absolute Gasteiger partial charge is 0.218 e. The molecule has 0 aliphatic heterocycles. The van der Waals surface area contributed by atoms with Crippen LogP contribution < -0.4 is 4.57 Å². The zero-order valence-corrected chi connectivity index (χ0v) is 11.0. The third kappa shape index (κ3) is 2.41. The Kier molecular flexibility index (Phi) is 3.11. The van der Waals surface area contributed by atoms with Crippen LogP contribution in [0.3, 0.4) is 0 Å². The van der Waals surface area contributed by atoms with Crippen LogP contribution in [0.5, 0.6) is 0 Å². The Morgan fingerprint density at radius 1 is 0.684 bits per heavy atom. The molecule has 0 aliphatic carbocycles. The van der Waals surface area contributed by atoms with E-state index in [1.54, 1.807) is 0 Å². The Balaban J connectivity index is 2.15. The third-order valence-electron chi connectivity index (χ3n) is 3.26. The van der Waals surface area contributed by atoms with Gasteiger partial charge in [-0.25, -0.2) is 0 Å². The molecule has 0 saturated carbocycles. The molecule has 92 valence electrons. The van der Waals surface area contributed by atoms with Crippen molar-refractivity contribution in [3.63, 3.8) is 0 Å². The van der Waals surface area contributed by atoms with Crippen LogP contribution in [0.1, 0.15) is 5.56 Å². The summed E-state index contributed by atoms with van der Waals surface area (Å²) in [5.74, 6) is 0. The van der Waals surface area contributed by atoms with Crippen molar-refractivity contribution in [1.82, 2.24) is 0 Å². The van der Waals surface area contributed by atoms with Crippen LogP contribution in [-0.4, -0.2) is 0 Å². The van der Waals surface area contributed by atoms with Crippen molar-refractivity contribution in [1.29, 1.82) is 0 Å². The second-order valence-electron chi connectivity index (χ2n) is 4.67. The molecule has 1 heterocycles. The molecule has 0 amide bonds. The molecule has 0 fully saturated rings. The topological polar surface area (TPSA) is 3.88 Å². The van der Waals surface area contributed by atoms with Crippen LogP contribution in [-0.2, 0) is 0 Å². The van der Waals surface area contributed by atoms with Gasteiger partial charge in [0.05, 0.1) is 5.56 Å². The second kappa shape index (κ2) is 5.07. The van der Waals surface area contributed by atoms with E-state index in [4.69, 9.17) is 0 Å². The van der Waals surface area contributed by atoms with Crippen molar-refractivity contribution in [2.75, 3.05) is 0 Å². The third-order valence-corrected chi connectivity index (χ3v) is 3.26. The number of rotatable bonds is 2. The molecule has 19 heavy (non-hydrogen) atoms. The van der Waals surface area contributed by atoms with Crippen LogP contribution in [0, 0.1) is 6.92 Å². The standard InChI is InChI=1S/C18H16N/c1-15-9-11-16(12-10-15)17-7-3-4-8-18(17)19-13-5-2-6-14-19/h2-14H,1H3/q+1. The molecule has 0 radical (unpaired) electrons. The van der Waals surface area contributed by atoms with E-state index >= 15 is 0 Å². The maximum atomic E-state index is 2.18. The molecule has 0 N–H and O–H groups in total. The molecule has 1 aromatic heterocycles. The quantitative estimate of drug-likeness (QED) is 0.603. The number of hydrogen-bond donors (Lipinski definition) is 0. The molecule has 3 rings (SSSR count). The molecule has 0 saturated heterocycles. The SMILES string of the molecule is Cc1ccc(-c2ccccc2-[n+]2ccccc2)cc1. The molecular formula is C18H16N+. The highest BCUT2D eigenvalue weighted by Crippen LogP contribution is 2.23. The first-order chi connectivity index (χ1) is 9.34. The van der Waals surface area contributed by atoms with Crippen molar-refractivity contribution < 1.29 is 4.57 Å². The summed E-state index contributed by atoms with van der Waals surface area (Å²) in [6.07, 6.45) is 4.15. The van der Waals surface area contributed by atoms with E-state index in [0.29, 0.717) is 0 Å². The zero-order valence-electron chi connectivity index (χ0n) is 11.0. The molecule has 0 atom stereocenters. The van der Waals surface area contributed by atoms with E-state index in [0.717, 1.165) is 0 Å². The van der Waals surface area contributed by atoms with Crippen molar-refractivity contribution in [2.24, 2.45) is 0 Å². The monoisotopic (exact) mass is 246 g/mol. The molecule has 1 nitrogen and oxygen atoms in total. The maximum Gasteiger partial charge on any atom is 0.218 e. The van der Waals surface area contributed by atoms with Crippen LogP contribution in [0.2, 0.25) is 0 Å². The van der Waals surface area contributed by atoms with Gasteiger partial charge in [0, 0.05) is 18.2 Å². The summed E-state index contributed by atoms with van der Waals surface area (Å²) in [5.41, 5.74) is 4.98. The van der Waals surface area contributed by atoms with Crippen molar-refractivity contribution in [2.45, 2.75) is 6.92 Å². The minimum atomic E-state index is 1.20. The van der Waals surface area contributed by atoms with Crippen LogP contribution in [0.4, 0.5) is 0 Å². The van der Waals surface area contributed by atoms with Gasteiger partial charge in [-0.3, -0.25) is 0 Å². The minimum absolute atomic E-state index is 1.20. The summed E-state index contributed by atoms with van der Waals surface area (Å²) in [5, 5.41) is 0. The van der Waals surface area contributed by atoms with Crippen molar-refractivity contribution >= 4 is 0 Å². The molecule has 0 aliphatic rings. The van der Waals surface area contributed by atoms with Crippen molar-refractivity contribution in [3.8, 4) is 16.8 Å². The summed E-state index contributed by atoms with van der Waals surface area (Å²) in [6.45, 7) is 2.11. The van der Waals surface area contributed by atoms with Crippen LogP contribution in [0.15, 0.2) is 79.1 Å². The van der Waals surface area contributed by atoms with Gasteiger partial charge in [0.15, 0.2) is 12.4 Å². The first-order valence-electron chi connectivity index (χ1n) is 6.47. The molecule has 0 bridgehead atoms. The summed E-state index contributed by atoms with van der Waals surface area (Å²) >= 11 is 0. The van der Waals surface area contributed by atoms with Gasteiger partial charge >= 0.3 is 0 Å². The lowest BCUT2D eigenvalue weighted by Crippen LogP contribution is -2.29. The Hall–Kier alpha value is -2.41. The van der Waals surface area contributed by atoms with Crippen molar-refractivity contribution in [3.05, 3.63) is 84.7 Å².